The summed E-state index contributed by atoms with van der Waals surface area (Å²) < 4.78 is 1.01. The minimum atomic E-state index is 0.113. The van der Waals surface area contributed by atoms with Gasteiger partial charge in [-0.3, -0.25) is 14.6 Å². The number of hydrogen-bond donors (Lipinski definition) is 0. The Kier molecular flexibility index (Phi) is 4.87. The van der Waals surface area contributed by atoms with Crippen LogP contribution in [-0.4, -0.2) is 21.5 Å². The molecule has 118 valence electrons. The van der Waals surface area contributed by atoms with Crippen LogP contribution in [0.2, 0.25) is 5.15 Å². The summed E-state index contributed by atoms with van der Waals surface area (Å²) in [6.45, 7) is 0. The van der Waals surface area contributed by atoms with Gasteiger partial charge in [-0.05, 0) is 42.5 Å². The number of ketones is 2. The minimum absolute atomic E-state index is 0.113. The quantitative estimate of drug-likeness (QED) is 0.629. The molecule has 2 aliphatic rings. The third kappa shape index (κ3) is 3.51. The number of carbonyl (C=O) groups is 2. The minimum Gasteiger partial charge on any atom is -0.292 e. The molecule has 0 N–H and O–H groups in total. The molecule has 6 heteroatoms. The zero-order valence-corrected chi connectivity index (χ0v) is 14.7. The topological polar surface area (TPSA) is 59.9 Å². The van der Waals surface area contributed by atoms with Crippen LogP contribution >= 0.6 is 27.5 Å². The molecular weight excluding hydrogens is 380 g/mol. The molecule has 0 bridgehead atoms. The molecule has 2 aliphatic carbocycles. The highest BCUT2D eigenvalue weighted by molar-refractivity contribution is 9.10. The van der Waals surface area contributed by atoms with E-state index in [2.05, 4.69) is 25.9 Å². The second-order valence-corrected chi connectivity index (χ2v) is 6.70. The molecule has 0 aliphatic heterocycles. The Balaban J connectivity index is 0.000000136. The summed E-state index contributed by atoms with van der Waals surface area (Å²) in [5.41, 5.74) is 3.33. The van der Waals surface area contributed by atoms with Crippen LogP contribution < -0.4 is 0 Å². The molecule has 0 spiro atoms. The van der Waals surface area contributed by atoms with Gasteiger partial charge in [-0.15, -0.1) is 0 Å². The van der Waals surface area contributed by atoms with Crippen LogP contribution in [0.25, 0.3) is 0 Å². The van der Waals surface area contributed by atoms with E-state index in [1.54, 1.807) is 12.3 Å². The fourth-order valence-corrected chi connectivity index (χ4v) is 3.42. The fraction of sp³-hybridized carbons (Fsp3) is 0.294. The second-order valence-electron chi connectivity index (χ2n) is 5.46. The smallest absolute Gasteiger partial charge is 0.181 e. The van der Waals surface area contributed by atoms with E-state index < -0.39 is 0 Å². The van der Waals surface area contributed by atoms with Gasteiger partial charge in [0, 0.05) is 23.5 Å². The van der Waals surface area contributed by atoms with Crippen LogP contribution in [0.3, 0.4) is 0 Å². The Morgan fingerprint density at radius 3 is 2.52 bits per heavy atom. The summed E-state index contributed by atoms with van der Waals surface area (Å²) >= 11 is 9.04. The molecule has 0 aromatic carbocycles. The number of fused-ring (bicyclic) bond motifs is 2. The molecular formula is C17H14BrClN2O2. The van der Waals surface area contributed by atoms with Crippen molar-refractivity contribution in [3.63, 3.8) is 0 Å². The molecule has 0 radical (unpaired) electrons. The average molecular weight is 394 g/mol. The van der Waals surface area contributed by atoms with Gasteiger partial charge in [-0.1, -0.05) is 33.6 Å². The third-order valence-electron chi connectivity index (χ3n) is 3.92. The number of halogens is 2. The van der Waals surface area contributed by atoms with Crippen LogP contribution in [0.5, 0.6) is 0 Å². The fourth-order valence-electron chi connectivity index (χ4n) is 2.77. The van der Waals surface area contributed by atoms with Crippen molar-refractivity contribution in [1.29, 1.82) is 0 Å². The van der Waals surface area contributed by atoms with Crippen LogP contribution in [0.15, 0.2) is 28.9 Å². The predicted octanol–water partition coefficient (Wildman–Crippen LogP) is 4.23. The van der Waals surface area contributed by atoms with Gasteiger partial charge in [0.15, 0.2) is 11.6 Å². The molecule has 4 nitrogen and oxygen atoms in total. The van der Waals surface area contributed by atoms with Crippen molar-refractivity contribution in [3.05, 3.63) is 56.5 Å². The molecule has 0 atom stereocenters. The third-order valence-corrected chi connectivity index (χ3v) is 4.88. The summed E-state index contributed by atoms with van der Waals surface area (Å²) in [6.07, 6.45) is 5.65. The van der Waals surface area contributed by atoms with Gasteiger partial charge in [0.25, 0.3) is 0 Å². The van der Waals surface area contributed by atoms with Gasteiger partial charge in [-0.2, -0.15) is 0 Å². The maximum absolute atomic E-state index is 11.4. The lowest BCUT2D eigenvalue weighted by molar-refractivity contribution is 0.0964. The summed E-state index contributed by atoms with van der Waals surface area (Å²) in [5, 5.41) is 0.402. The van der Waals surface area contributed by atoms with E-state index >= 15 is 0 Å². The molecule has 2 aromatic rings. The largest absolute Gasteiger partial charge is 0.292 e. The number of hydrogen-bond acceptors (Lipinski definition) is 4. The number of rotatable bonds is 0. The van der Waals surface area contributed by atoms with Crippen molar-refractivity contribution in [2.45, 2.75) is 32.1 Å². The standard InChI is InChI=1S/C9H8BrNO.C8H6ClNO/c10-7-4-5-11-9-6(7)2-1-3-8(9)12;9-7-4-2-5-1-3-6(11)8(5)10-7/h4-5H,1-3H2;2,4H,1,3H2. The second kappa shape index (κ2) is 6.89. The number of aromatic nitrogens is 2. The van der Waals surface area contributed by atoms with Crippen LogP contribution in [0.1, 0.15) is 51.4 Å². The van der Waals surface area contributed by atoms with E-state index in [1.165, 1.54) is 0 Å². The van der Waals surface area contributed by atoms with Crippen LogP contribution in [0, 0.1) is 0 Å². The number of aryl methyl sites for hydroxylation is 1. The summed E-state index contributed by atoms with van der Waals surface area (Å²) in [7, 11) is 0. The molecule has 2 aromatic heterocycles. The van der Waals surface area contributed by atoms with Gasteiger partial charge in [0.05, 0.1) is 0 Å². The first-order chi connectivity index (χ1) is 11.1. The van der Waals surface area contributed by atoms with Crippen molar-refractivity contribution in [2.75, 3.05) is 0 Å². The van der Waals surface area contributed by atoms with E-state index in [9.17, 15) is 9.59 Å². The van der Waals surface area contributed by atoms with E-state index in [0.717, 1.165) is 34.9 Å². The first-order valence-electron chi connectivity index (χ1n) is 7.41. The molecule has 0 unspecified atom stereocenters. The number of carbonyl (C=O) groups excluding carboxylic acids is 2. The maximum atomic E-state index is 11.4. The number of pyridine rings is 2. The first-order valence-corrected chi connectivity index (χ1v) is 8.58. The van der Waals surface area contributed by atoms with E-state index in [4.69, 9.17) is 11.6 Å². The summed E-state index contributed by atoms with van der Waals surface area (Å²) in [5.74, 6) is 0.292. The maximum Gasteiger partial charge on any atom is 0.181 e. The highest BCUT2D eigenvalue weighted by Gasteiger charge is 2.21. The van der Waals surface area contributed by atoms with Gasteiger partial charge < -0.3 is 0 Å². The lowest BCUT2D eigenvalue weighted by atomic mass is 9.95. The molecule has 0 saturated carbocycles. The van der Waals surface area contributed by atoms with Gasteiger partial charge in [0.1, 0.15) is 16.5 Å². The Bertz CT molecular complexity index is 792. The molecule has 0 saturated heterocycles. The van der Waals surface area contributed by atoms with E-state index in [-0.39, 0.29) is 11.6 Å². The monoisotopic (exact) mass is 392 g/mol. The molecule has 2 heterocycles. The lowest BCUT2D eigenvalue weighted by Gasteiger charge is -2.13. The average Bonchev–Trinajstić information content (AvgIpc) is 2.90. The normalized spacial score (nSPS) is 15.6. The SMILES string of the molecule is O=C1CCCc2c(Br)ccnc21.O=C1CCc2ccc(Cl)nc21. The molecule has 0 amide bonds. The van der Waals surface area contributed by atoms with Gasteiger partial charge >= 0.3 is 0 Å². The Labute approximate surface area is 147 Å². The Hall–Kier alpha value is -1.59. The molecule has 0 fully saturated rings. The van der Waals surface area contributed by atoms with Crippen molar-refractivity contribution >= 4 is 39.1 Å². The zero-order valence-electron chi connectivity index (χ0n) is 12.3. The number of nitrogens with zero attached hydrogens (tertiary/aromatic N) is 2. The summed E-state index contributed by atoms with van der Waals surface area (Å²) in [6, 6.07) is 5.48. The number of Topliss-reactive ketones (excluding diaryl/α,β-unsaturated/α-hetero) is 2. The first kappa shape index (κ1) is 16.3. The van der Waals surface area contributed by atoms with Gasteiger partial charge in [-0.25, -0.2) is 4.98 Å². The van der Waals surface area contributed by atoms with Crippen LogP contribution in [-0.2, 0) is 12.8 Å². The molecule has 4 rings (SSSR count). The summed E-state index contributed by atoms with van der Waals surface area (Å²) in [4.78, 5) is 30.5. The van der Waals surface area contributed by atoms with Gasteiger partial charge in [0.2, 0.25) is 0 Å². The van der Waals surface area contributed by atoms with E-state index in [1.807, 2.05) is 12.1 Å². The Morgan fingerprint density at radius 2 is 1.74 bits per heavy atom. The van der Waals surface area contributed by atoms with Crippen molar-refractivity contribution in [3.8, 4) is 0 Å². The lowest BCUT2D eigenvalue weighted by Crippen LogP contribution is -2.13. The highest BCUT2D eigenvalue weighted by Crippen LogP contribution is 2.26. The van der Waals surface area contributed by atoms with Crippen molar-refractivity contribution in [2.24, 2.45) is 0 Å². The van der Waals surface area contributed by atoms with Crippen molar-refractivity contribution < 1.29 is 9.59 Å². The van der Waals surface area contributed by atoms with Crippen LogP contribution in [0.4, 0.5) is 0 Å². The predicted molar refractivity (Wildman–Crippen MR) is 91.1 cm³/mol. The Morgan fingerprint density at radius 1 is 0.957 bits per heavy atom. The van der Waals surface area contributed by atoms with E-state index in [0.29, 0.717) is 29.4 Å². The van der Waals surface area contributed by atoms with Crippen molar-refractivity contribution in [1.82, 2.24) is 9.97 Å². The zero-order chi connectivity index (χ0) is 16.4. The molecule has 23 heavy (non-hydrogen) atoms. The highest BCUT2D eigenvalue weighted by atomic mass is 79.9.